The molecule has 3 aromatic rings. The molecule has 2 aliphatic rings. The summed E-state index contributed by atoms with van der Waals surface area (Å²) in [5.74, 6) is 1.14. The van der Waals surface area contributed by atoms with Crippen molar-refractivity contribution in [3.8, 4) is 0 Å². The minimum atomic E-state index is -0.156. The van der Waals surface area contributed by atoms with E-state index in [4.69, 9.17) is 9.97 Å². The molecule has 5 rings (SSSR count). The standard InChI is InChI=1S/C20H25N9O/c1-4-15(30)23-13-5-8-28(11-13)19-25-17(24-14-9-22-27(3)10-14)16-18(26-19)29(12-21-16)20(2)6-7-20/h4,9-10,12-13H,1,5-8,11H2,2-3H3,(H,23,30)(H,24,25,26)/t13-/m0/s1. The highest BCUT2D eigenvalue weighted by Crippen LogP contribution is 2.44. The Morgan fingerprint density at radius 2 is 2.20 bits per heavy atom. The zero-order valence-electron chi connectivity index (χ0n) is 17.2. The van der Waals surface area contributed by atoms with Gasteiger partial charge in [0.25, 0.3) is 0 Å². The first kappa shape index (κ1) is 18.6. The van der Waals surface area contributed by atoms with Gasteiger partial charge in [0.15, 0.2) is 17.0 Å². The molecule has 1 saturated heterocycles. The molecule has 1 aliphatic carbocycles. The van der Waals surface area contributed by atoms with Gasteiger partial charge in [0, 0.05) is 37.9 Å². The number of imidazole rings is 1. The molecule has 1 aliphatic heterocycles. The molecular formula is C20H25N9O. The Kier molecular flexibility index (Phi) is 4.23. The summed E-state index contributed by atoms with van der Waals surface area (Å²) in [7, 11) is 1.87. The SMILES string of the molecule is C=CC(=O)N[C@H]1CCN(c2nc(Nc3cnn(C)c3)c3ncn(C4(C)CC4)c3n2)C1. The van der Waals surface area contributed by atoms with Crippen LogP contribution in [0.5, 0.6) is 0 Å². The van der Waals surface area contributed by atoms with Gasteiger partial charge in [-0.25, -0.2) is 4.98 Å². The number of hydrogen-bond donors (Lipinski definition) is 2. The van der Waals surface area contributed by atoms with Crippen LogP contribution in [0.15, 0.2) is 31.4 Å². The minimum Gasteiger partial charge on any atom is -0.348 e. The zero-order valence-corrected chi connectivity index (χ0v) is 17.2. The number of nitrogens with one attached hydrogen (secondary N) is 2. The Balaban J connectivity index is 1.51. The summed E-state index contributed by atoms with van der Waals surface area (Å²) in [6.45, 7) is 7.17. The van der Waals surface area contributed by atoms with Crippen molar-refractivity contribution in [1.29, 1.82) is 0 Å². The summed E-state index contributed by atoms with van der Waals surface area (Å²) in [5, 5.41) is 10.5. The van der Waals surface area contributed by atoms with Crippen molar-refractivity contribution in [3.63, 3.8) is 0 Å². The summed E-state index contributed by atoms with van der Waals surface area (Å²) in [6, 6.07) is 0.0513. The lowest BCUT2D eigenvalue weighted by Gasteiger charge is -2.19. The Morgan fingerprint density at radius 1 is 1.37 bits per heavy atom. The van der Waals surface area contributed by atoms with E-state index in [1.165, 1.54) is 6.08 Å². The van der Waals surface area contributed by atoms with Crippen molar-refractivity contribution in [2.24, 2.45) is 7.05 Å². The highest BCUT2D eigenvalue weighted by atomic mass is 16.1. The van der Waals surface area contributed by atoms with E-state index in [0.717, 1.165) is 42.7 Å². The van der Waals surface area contributed by atoms with Crippen molar-refractivity contribution in [2.75, 3.05) is 23.3 Å². The monoisotopic (exact) mass is 407 g/mol. The number of fused-ring (bicyclic) bond motifs is 1. The van der Waals surface area contributed by atoms with Crippen LogP contribution in [0.1, 0.15) is 26.2 Å². The van der Waals surface area contributed by atoms with Crippen LogP contribution in [-0.2, 0) is 17.4 Å². The number of hydrogen-bond acceptors (Lipinski definition) is 7. The number of rotatable bonds is 6. The second-order valence-corrected chi connectivity index (χ2v) is 8.33. The van der Waals surface area contributed by atoms with Gasteiger partial charge >= 0.3 is 0 Å². The number of carbonyl (C=O) groups is 1. The maximum atomic E-state index is 11.7. The van der Waals surface area contributed by atoms with E-state index in [0.29, 0.717) is 18.3 Å². The van der Waals surface area contributed by atoms with Crippen molar-refractivity contribution < 1.29 is 4.79 Å². The smallest absolute Gasteiger partial charge is 0.243 e. The van der Waals surface area contributed by atoms with Gasteiger partial charge in [-0.3, -0.25) is 9.48 Å². The molecular weight excluding hydrogens is 382 g/mol. The summed E-state index contributed by atoms with van der Waals surface area (Å²) < 4.78 is 3.90. The first-order valence-electron chi connectivity index (χ1n) is 10.1. The molecule has 3 aromatic heterocycles. The van der Waals surface area contributed by atoms with E-state index in [1.807, 2.05) is 19.6 Å². The number of nitrogens with zero attached hydrogens (tertiary/aromatic N) is 7. The fourth-order valence-electron chi connectivity index (χ4n) is 3.88. The lowest BCUT2D eigenvalue weighted by molar-refractivity contribution is -0.117. The maximum absolute atomic E-state index is 11.7. The largest absolute Gasteiger partial charge is 0.348 e. The highest BCUT2D eigenvalue weighted by molar-refractivity contribution is 5.88. The number of carbonyl (C=O) groups excluding carboxylic acids is 1. The summed E-state index contributed by atoms with van der Waals surface area (Å²) in [5.41, 5.74) is 2.47. The molecule has 156 valence electrons. The van der Waals surface area contributed by atoms with Gasteiger partial charge in [0.1, 0.15) is 0 Å². The average Bonchev–Trinajstić information content (AvgIpc) is 3.13. The maximum Gasteiger partial charge on any atom is 0.243 e. The lowest BCUT2D eigenvalue weighted by Crippen LogP contribution is -2.36. The molecule has 0 spiro atoms. The molecule has 1 amide bonds. The molecule has 0 radical (unpaired) electrons. The fraction of sp³-hybridized carbons (Fsp3) is 0.450. The number of aromatic nitrogens is 6. The molecule has 1 saturated carbocycles. The van der Waals surface area contributed by atoms with Crippen LogP contribution in [0.3, 0.4) is 0 Å². The van der Waals surface area contributed by atoms with Gasteiger partial charge in [-0.05, 0) is 32.3 Å². The van der Waals surface area contributed by atoms with Gasteiger partial charge in [-0.15, -0.1) is 0 Å². The van der Waals surface area contributed by atoms with Gasteiger partial charge in [-0.2, -0.15) is 15.1 Å². The van der Waals surface area contributed by atoms with E-state index >= 15 is 0 Å². The van der Waals surface area contributed by atoms with E-state index in [-0.39, 0.29) is 17.5 Å². The van der Waals surface area contributed by atoms with Crippen LogP contribution in [-0.4, -0.2) is 54.3 Å². The van der Waals surface area contributed by atoms with Crippen molar-refractivity contribution in [3.05, 3.63) is 31.4 Å². The predicted molar refractivity (Wildman–Crippen MR) is 114 cm³/mol. The fourth-order valence-corrected chi connectivity index (χ4v) is 3.88. The summed E-state index contributed by atoms with van der Waals surface area (Å²) in [6.07, 6.45) is 9.87. The Hall–Kier alpha value is -3.43. The second kappa shape index (κ2) is 6.82. The number of amides is 1. The molecule has 4 heterocycles. The Morgan fingerprint density at radius 3 is 2.90 bits per heavy atom. The third-order valence-corrected chi connectivity index (χ3v) is 5.91. The first-order chi connectivity index (χ1) is 14.4. The van der Waals surface area contributed by atoms with Gasteiger partial charge in [0.2, 0.25) is 11.9 Å². The van der Waals surface area contributed by atoms with Crippen molar-refractivity contribution in [1.82, 2.24) is 34.6 Å². The van der Waals surface area contributed by atoms with Gasteiger partial charge < -0.3 is 20.1 Å². The van der Waals surface area contributed by atoms with Crippen LogP contribution in [0.4, 0.5) is 17.5 Å². The van der Waals surface area contributed by atoms with Crippen LogP contribution < -0.4 is 15.5 Å². The summed E-state index contributed by atoms with van der Waals surface area (Å²) >= 11 is 0. The molecule has 0 aromatic carbocycles. The molecule has 1 atom stereocenters. The van der Waals surface area contributed by atoms with E-state index in [1.54, 1.807) is 10.9 Å². The minimum absolute atomic E-state index is 0.0513. The topological polar surface area (TPSA) is 106 Å². The summed E-state index contributed by atoms with van der Waals surface area (Å²) in [4.78, 5) is 28.1. The normalized spacial score (nSPS) is 19.8. The van der Waals surface area contributed by atoms with E-state index < -0.39 is 0 Å². The molecule has 2 N–H and O–H groups in total. The lowest BCUT2D eigenvalue weighted by atomic mass is 10.2. The Bertz CT molecular complexity index is 1130. The van der Waals surface area contributed by atoms with Crippen LogP contribution in [0.2, 0.25) is 0 Å². The number of anilines is 3. The van der Waals surface area contributed by atoms with E-state index in [2.05, 4.69) is 43.7 Å². The molecule has 2 fully saturated rings. The molecule has 10 heteroatoms. The molecule has 10 nitrogen and oxygen atoms in total. The van der Waals surface area contributed by atoms with Crippen LogP contribution in [0, 0.1) is 0 Å². The third kappa shape index (κ3) is 3.27. The first-order valence-corrected chi connectivity index (χ1v) is 10.1. The predicted octanol–water partition coefficient (Wildman–Crippen LogP) is 1.69. The molecule has 0 bridgehead atoms. The van der Waals surface area contributed by atoms with Crippen LogP contribution >= 0.6 is 0 Å². The van der Waals surface area contributed by atoms with E-state index in [9.17, 15) is 4.79 Å². The van der Waals surface area contributed by atoms with Crippen molar-refractivity contribution in [2.45, 2.75) is 37.8 Å². The van der Waals surface area contributed by atoms with Gasteiger partial charge in [-0.1, -0.05) is 6.58 Å². The zero-order chi connectivity index (χ0) is 20.9. The highest BCUT2D eigenvalue weighted by Gasteiger charge is 2.41. The molecule has 30 heavy (non-hydrogen) atoms. The number of aryl methyl sites for hydroxylation is 1. The van der Waals surface area contributed by atoms with Crippen molar-refractivity contribution >= 4 is 34.5 Å². The van der Waals surface area contributed by atoms with Crippen LogP contribution in [0.25, 0.3) is 11.2 Å². The molecule has 0 unspecified atom stereocenters. The second-order valence-electron chi connectivity index (χ2n) is 8.33. The average molecular weight is 407 g/mol. The quantitative estimate of drug-likeness (QED) is 0.599. The van der Waals surface area contributed by atoms with Gasteiger partial charge in [0.05, 0.1) is 18.2 Å². The third-order valence-electron chi connectivity index (χ3n) is 5.91. The Labute approximate surface area is 174 Å².